The van der Waals surface area contributed by atoms with Gasteiger partial charge in [0.15, 0.2) is 0 Å². The number of carbonyl (C=O) groups excluding carboxylic acids is 2. The summed E-state index contributed by atoms with van der Waals surface area (Å²) < 4.78 is 6.87. The molecule has 2 amide bonds. The second kappa shape index (κ2) is 8.46. The number of carbonyl (C=O) groups is 2. The van der Waals surface area contributed by atoms with E-state index < -0.39 is 0 Å². The molecule has 1 aliphatic heterocycles. The van der Waals surface area contributed by atoms with E-state index >= 15 is 0 Å². The first kappa shape index (κ1) is 19.2. The number of amides is 2. The molecule has 4 rings (SSSR count). The van der Waals surface area contributed by atoms with Crippen LogP contribution in [0.2, 0.25) is 5.02 Å². The lowest BCUT2D eigenvalue weighted by atomic mass is 10.1. The third-order valence-electron chi connectivity index (χ3n) is 4.58. The molecule has 2 heterocycles. The molecular formula is C21H19ClN4O3. The van der Waals surface area contributed by atoms with E-state index in [2.05, 4.69) is 10.4 Å². The SMILES string of the molecule is O=C(Nc1cccc(C(=O)N2CCOCC2)c1)c1cnn(-c2cccc(Cl)c2)c1. The zero-order valence-corrected chi connectivity index (χ0v) is 16.3. The molecule has 0 saturated carbocycles. The molecule has 3 aromatic rings. The summed E-state index contributed by atoms with van der Waals surface area (Å²) in [6.07, 6.45) is 3.11. The summed E-state index contributed by atoms with van der Waals surface area (Å²) in [4.78, 5) is 27.0. The Balaban J connectivity index is 1.47. The highest BCUT2D eigenvalue weighted by Gasteiger charge is 2.19. The van der Waals surface area contributed by atoms with E-state index in [4.69, 9.17) is 16.3 Å². The average Bonchev–Trinajstić information content (AvgIpc) is 3.25. The first-order valence-corrected chi connectivity index (χ1v) is 9.57. The minimum absolute atomic E-state index is 0.0711. The second-order valence-corrected chi connectivity index (χ2v) is 7.03. The van der Waals surface area contributed by atoms with Crippen LogP contribution in [0.5, 0.6) is 0 Å². The van der Waals surface area contributed by atoms with Gasteiger partial charge in [0, 0.05) is 35.6 Å². The summed E-state index contributed by atoms with van der Waals surface area (Å²) in [5, 5.41) is 7.63. The number of hydrogen-bond acceptors (Lipinski definition) is 4. The lowest BCUT2D eigenvalue weighted by Crippen LogP contribution is -2.40. The van der Waals surface area contributed by atoms with Crippen molar-refractivity contribution in [1.29, 1.82) is 0 Å². The highest BCUT2D eigenvalue weighted by molar-refractivity contribution is 6.30. The van der Waals surface area contributed by atoms with Gasteiger partial charge in [0.25, 0.3) is 11.8 Å². The number of ether oxygens (including phenoxy) is 1. The van der Waals surface area contributed by atoms with Crippen LogP contribution in [-0.2, 0) is 4.74 Å². The number of anilines is 1. The molecule has 2 aromatic carbocycles. The number of hydrogen-bond donors (Lipinski definition) is 1. The van der Waals surface area contributed by atoms with Crippen LogP contribution in [0.4, 0.5) is 5.69 Å². The maximum atomic E-state index is 12.6. The third kappa shape index (κ3) is 4.47. The van der Waals surface area contributed by atoms with Crippen LogP contribution in [0.3, 0.4) is 0 Å². The number of nitrogens with zero attached hydrogens (tertiary/aromatic N) is 3. The van der Waals surface area contributed by atoms with E-state index in [0.717, 1.165) is 5.69 Å². The Labute approximate surface area is 172 Å². The van der Waals surface area contributed by atoms with Gasteiger partial charge in [-0.3, -0.25) is 9.59 Å². The molecule has 0 spiro atoms. The van der Waals surface area contributed by atoms with Crippen LogP contribution in [0.25, 0.3) is 5.69 Å². The predicted octanol–water partition coefficient (Wildman–Crippen LogP) is 3.25. The van der Waals surface area contributed by atoms with Crippen LogP contribution in [0.1, 0.15) is 20.7 Å². The summed E-state index contributed by atoms with van der Waals surface area (Å²) >= 11 is 6.01. The standard InChI is InChI=1S/C21H19ClN4O3/c22-17-4-2-6-19(12-17)26-14-16(13-23-26)20(27)24-18-5-1-3-15(11-18)21(28)25-7-9-29-10-8-25/h1-6,11-14H,7-10H2,(H,24,27). The third-order valence-corrected chi connectivity index (χ3v) is 4.82. The summed E-state index contributed by atoms with van der Waals surface area (Å²) in [6, 6.07) is 14.1. The van der Waals surface area contributed by atoms with Gasteiger partial charge < -0.3 is 15.0 Å². The summed E-state index contributed by atoms with van der Waals surface area (Å²) in [7, 11) is 0. The van der Waals surface area contributed by atoms with Gasteiger partial charge in [-0.05, 0) is 36.4 Å². The predicted molar refractivity (Wildman–Crippen MR) is 110 cm³/mol. The zero-order chi connectivity index (χ0) is 20.2. The molecular weight excluding hydrogens is 392 g/mol. The lowest BCUT2D eigenvalue weighted by Gasteiger charge is -2.27. The van der Waals surface area contributed by atoms with Crippen molar-refractivity contribution in [2.45, 2.75) is 0 Å². The number of rotatable bonds is 4. The molecule has 0 aliphatic carbocycles. The number of nitrogens with one attached hydrogen (secondary N) is 1. The molecule has 8 heteroatoms. The highest BCUT2D eigenvalue weighted by atomic mass is 35.5. The quantitative estimate of drug-likeness (QED) is 0.716. The summed E-state index contributed by atoms with van der Waals surface area (Å²) in [5.41, 5.74) is 2.23. The fourth-order valence-corrected chi connectivity index (χ4v) is 3.27. The summed E-state index contributed by atoms with van der Waals surface area (Å²) in [5.74, 6) is -0.382. The molecule has 1 N–H and O–H groups in total. The zero-order valence-electron chi connectivity index (χ0n) is 15.5. The van der Waals surface area contributed by atoms with Crippen molar-refractivity contribution in [3.8, 4) is 5.69 Å². The number of halogens is 1. The van der Waals surface area contributed by atoms with Crippen LogP contribution in [0, 0.1) is 0 Å². The molecule has 1 aromatic heterocycles. The van der Waals surface area contributed by atoms with Crippen LogP contribution in [-0.4, -0.2) is 52.8 Å². The minimum atomic E-state index is -0.311. The van der Waals surface area contributed by atoms with E-state index in [1.54, 1.807) is 52.2 Å². The number of morpholine rings is 1. The van der Waals surface area contributed by atoms with Crippen molar-refractivity contribution in [2.24, 2.45) is 0 Å². The van der Waals surface area contributed by atoms with E-state index in [9.17, 15) is 9.59 Å². The molecule has 29 heavy (non-hydrogen) atoms. The van der Waals surface area contributed by atoms with Crippen molar-refractivity contribution in [3.63, 3.8) is 0 Å². The molecule has 1 aliphatic rings. The van der Waals surface area contributed by atoms with Crippen LogP contribution in [0.15, 0.2) is 60.9 Å². The Morgan fingerprint density at radius 2 is 1.83 bits per heavy atom. The van der Waals surface area contributed by atoms with Crippen molar-refractivity contribution >= 4 is 29.1 Å². The van der Waals surface area contributed by atoms with E-state index in [1.165, 1.54) is 6.20 Å². The summed E-state index contributed by atoms with van der Waals surface area (Å²) in [6.45, 7) is 2.22. The molecule has 7 nitrogen and oxygen atoms in total. The maximum absolute atomic E-state index is 12.6. The first-order chi connectivity index (χ1) is 14.1. The highest BCUT2D eigenvalue weighted by Crippen LogP contribution is 2.17. The molecule has 1 saturated heterocycles. The van der Waals surface area contributed by atoms with Gasteiger partial charge in [-0.2, -0.15) is 5.10 Å². The monoisotopic (exact) mass is 410 g/mol. The largest absolute Gasteiger partial charge is 0.378 e. The molecule has 0 bridgehead atoms. The smallest absolute Gasteiger partial charge is 0.258 e. The van der Waals surface area contributed by atoms with Gasteiger partial charge in [-0.15, -0.1) is 0 Å². The Hall–Kier alpha value is -3.16. The van der Waals surface area contributed by atoms with E-state index in [0.29, 0.717) is 48.1 Å². The first-order valence-electron chi connectivity index (χ1n) is 9.19. The fraction of sp³-hybridized carbons (Fsp3) is 0.190. The van der Waals surface area contributed by atoms with E-state index in [-0.39, 0.29) is 11.8 Å². The molecule has 0 atom stereocenters. The topological polar surface area (TPSA) is 76.5 Å². The van der Waals surface area contributed by atoms with Gasteiger partial charge in [-0.25, -0.2) is 4.68 Å². The Morgan fingerprint density at radius 1 is 1.03 bits per heavy atom. The second-order valence-electron chi connectivity index (χ2n) is 6.59. The van der Waals surface area contributed by atoms with Gasteiger partial charge >= 0.3 is 0 Å². The van der Waals surface area contributed by atoms with Crippen molar-refractivity contribution in [2.75, 3.05) is 31.6 Å². The van der Waals surface area contributed by atoms with Gasteiger partial charge in [0.2, 0.25) is 0 Å². The number of benzene rings is 2. The number of aromatic nitrogens is 2. The minimum Gasteiger partial charge on any atom is -0.378 e. The normalized spacial score (nSPS) is 13.9. The van der Waals surface area contributed by atoms with Gasteiger partial charge in [0.05, 0.1) is 30.7 Å². The van der Waals surface area contributed by atoms with Crippen LogP contribution < -0.4 is 5.32 Å². The molecule has 0 unspecified atom stereocenters. The maximum Gasteiger partial charge on any atom is 0.258 e. The molecule has 1 fully saturated rings. The Morgan fingerprint density at radius 3 is 2.62 bits per heavy atom. The van der Waals surface area contributed by atoms with Crippen molar-refractivity contribution in [3.05, 3.63) is 77.1 Å². The Bertz CT molecular complexity index is 1040. The van der Waals surface area contributed by atoms with Gasteiger partial charge in [-0.1, -0.05) is 23.7 Å². The lowest BCUT2D eigenvalue weighted by molar-refractivity contribution is 0.0303. The van der Waals surface area contributed by atoms with Crippen molar-refractivity contribution in [1.82, 2.24) is 14.7 Å². The van der Waals surface area contributed by atoms with E-state index in [1.807, 2.05) is 12.1 Å². The average molecular weight is 411 g/mol. The van der Waals surface area contributed by atoms with Crippen LogP contribution >= 0.6 is 11.6 Å². The van der Waals surface area contributed by atoms with Crippen molar-refractivity contribution < 1.29 is 14.3 Å². The fourth-order valence-electron chi connectivity index (χ4n) is 3.08. The van der Waals surface area contributed by atoms with Gasteiger partial charge in [0.1, 0.15) is 0 Å². The molecule has 0 radical (unpaired) electrons. The molecule has 148 valence electrons. The Kier molecular flexibility index (Phi) is 5.59.